The summed E-state index contributed by atoms with van der Waals surface area (Å²) in [5.74, 6) is 1.88. The van der Waals surface area contributed by atoms with Gasteiger partial charge >= 0.3 is 0 Å². The van der Waals surface area contributed by atoms with Gasteiger partial charge in [-0.05, 0) is 48.4 Å². The molecule has 2 nitrogen and oxygen atoms in total. The van der Waals surface area contributed by atoms with Gasteiger partial charge in [-0.3, -0.25) is 0 Å². The van der Waals surface area contributed by atoms with E-state index < -0.39 is 0 Å². The molecule has 0 saturated carbocycles. The molecule has 0 radical (unpaired) electrons. The number of nitrogens with zero attached hydrogens (tertiary/aromatic N) is 1. The van der Waals surface area contributed by atoms with Crippen molar-refractivity contribution in [2.75, 3.05) is 6.26 Å². The minimum atomic E-state index is 0.445. The number of nitriles is 1. The number of rotatable bonds is 4. The third-order valence-corrected chi connectivity index (χ3v) is 4.20. The van der Waals surface area contributed by atoms with Crippen LogP contribution in [0.25, 0.3) is 0 Å². The highest BCUT2D eigenvalue weighted by Crippen LogP contribution is 2.34. The van der Waals surface area contributed by atoms with Gasteiger partial charge in [0, 0.05) is 4.90 Å². The lowest BCUT2D eigenvalue weighted by atomic mass is 10.0. The average Bonchev–Trinajstić information content (AvgIpc) is 2.48. The topological polar surface area (TPSA) is 33.0 Å². The van der Waals surface area contributed by atoms with Crippen molar-refractivity contribution in [3.63, 3.8) is 0 Å². The van der Waals surface area contributed by atoms with Gasteiger partial charge in [0.1, 0.15) is 23.1 Å². The normalized spacial score (nSPS) is 10.5. The van der Waals surface area contributed by atoms with E-state index in [1.807, 2.05) is 31.4 Å². The highest BCUT2D eigenvalue weighted by atomic mass is 32.2. The largest absolute Gasteiger partial charge is 0.456 e. The fourth-order valence-electron chi connectivity index (χ4n) is 2.08. The number of benzene rings is 2. The Labute approximate surface area is 130 Å². The van der Waals surface area contributed by atoms with E-state index in [4.69, 9.17) is 4.74 Å². The van der Waals surface area contributed by atoms with Crippen molar-refractivity contribution >= 4 is 11.8 Å². The summed E-state index contributed by atoms with van der Waals surface area (Å²) in [6.07, 6.45) is 1.96. The summed E-state index contributed by atoms with van der Waals surface area (Å²) in [5, 5.41) is 9.38. The van der Waals surface area contributed by atoms with E-state index in [1.165, 1.54) is 5.56 Å². The molecule has 0 aliphatic carbocycles. The second-order valence-electron chi connectivity index (χ2n) is 5.23. The Balaban J connectivity index is 2.43. The molecule has 2 aromatic rings. The Morgan fingerprint density at radius 1 is 1.14 bits per heavy atom. The van der Waals surface area contributed by atoms with Crippen LogP contribution in [-0.4, -0.2) is 6.26 Å². The predicted octanol–water partition coefficient (Wildman–Crippen LogP) is 5.50. The summed E-state index contributed by atoms with van der Waals surface area (Å²) < 4.78 is 6.03. The van der Waals surface area contributed by atoms with Crippen LogP contribution in [0.1, 0.15) is 36.5 Å². The quantitative estimate of drug-likeness (QED) is 0.698. The second kappa shape index (κ2) is 6.69. The van der Waals surface area contributed by atoms with E-state index in [1.54, 1.807) is 11.8 Å². The molecule has 0 fully saturated rings. The number of aryl methyl sites for hydroxylation is 1. The lowest BCUT2D eigenvalue weighted by molar-refractivity contribution is 0.474. The third-order valence-electron chi connectivity index (χ3n) is 3.42. The Kier molecular flexibility index (Phi) is 4.93. The lowest BCUT2D eigenvalue weighted by Crippen LogP contribution is -1.95. The minimum Gasteiger partial charge on any atom is -0.456 e. The first-order valence-corrected chi connectivity index (χ1v) is 8.14. The molecule has 0 bridgehead atoms. The summed E-state index contributed by atoms with van der Waals surface area (Å²) in [7, 11) is 0. The van der Waals surface area contributed by atoms with Crippen molar-refractivity contribution in [1.82, 2.24) is 0 Å². The minimum absolute atomic E-state index is 0.445. The molecule has 21 heavy (non-hydrogen) atoms. The third kappa shape index (κ3) is 3.40. The van der Waals surface area contributed by atoms with Crippen molar-refractivity contribution in [1.29, 1.82) is 5.26 Å². The Bertz CT molecular complexity index is 686. The van der Waals surface area contributed by atoms with Crippen LogP contribution in [0, 0.1) is 18.3 Å². The average molecular weight is 297 g/mol. The van der Waals surface area contributed by atoms with Crippen LogP contribution in [0.3, 0.4) is 0 Å². The molecular weight excluding hydrogens is 278 g/mol. The zero-order valence-electron chi connectivity index (χ0n) is 12.8. The highest BCUT2D eigenvalue weighted by Gasteiger charge is 2.11. The van der Waals surface area contributed by atoms with Crippen LogP contribution in [-0.2, 0) is 0 Å². The van der Waals surface area contributed by atoms with Crippen molar-refractivity contribution in [3.8, 4) is 17.6 Å². The summed E-state index contributed by atoms with van der Waals surface area (Å²) in [4.78, 5) is 0.938. The number of thioether (sulfide) groups is 1. The van der Waals surface area contributed by atoms with Crippen molar-refractivity contribution in [3.05, 3.63) is 53.1 Å². The van der Waals surface area contributed by atoms with E-state index in [0.29, 0.717) is 17.2 Å². The highest BCUT2D eigenvalue weighted by molar-refractivity contribution is 7.98. The van der Waals surface area contributed by atoms with E-state index in [-0.39, 0.29) is 0 Å². The Morgan fingerprint density at radius 3 is 2.52 bits per heavy atom. The maximum absolute atomic E-state index is 9.38. The summed E-state index contributed by atoms with van der Waals surface area (Å²) in [6.45, 7) is 6.33. The fourth-order valence-corrected chi connectivity index (χ4v) is 2.65. The first-order valence-electron chi connectivity index (χ1n) is 6.92. The van der Waals surface area contributed by atoms with Crippen LogP contribution in [0.15, 0.2) is 41.3 Å². The monoisotopic (exact) mass is 297 g/mol. The Morgan fingerprint density at radius 2 is 1.90 bits per heavy atom. The van der Waals surface area contributed by atoms with E-state index in [9.17, 15) is 5.26 Å². The molecule has 0 unspecified atom stereocenters. The maximum atomic E-state index is 9.38. The SMILES string of the molecule is CSc1cccc(Oc2cc(C(C)C)ccc2C)c1C#N. The second-order valence-corrected chi connectivity index (χ2v) is 6.07. The first-order chi connectivity index (χ1) is 10.1. The van der Waals surface area contributed by atoms with Crippen molar-refractivity contribution in [2.45, 2.75) is 31.6 Å². The van der Waals surface area contributed by atoms with Gasteiger partial charge in [0.15, 0.2) is 0 Å². The van der Waals surface area contributed by atoms with E-state index >= 15 is 0 Å². The standard InChI is InChI=1S/C18H19NOS/c1-12(2)14-9-8-13(3)17(10-14)20-16-6-5-7-18(21-4)15(16)11-19/h5-10,12H,1-4H3. The van der Waals surface area contributed by atoms with Crippen LogP contribution < -0.4 is 4.74 Å². The molecule has 0 spiro atoms. The molecule has 0 saturated heterocycles. The molecule has 0 heterocycles. The van der Waals surface area contributed by atoms with Gasteiger partial charge in [-0.15, -0.1) is 11.8 Å². The molecule has 0 atom stereocenters. The lowest BCUT2D eigenvalue weighted by Gasteiger charge is -2.14. The molecule has 108 valence electrons. The number of ether oxygens (including phenoxy) is 1. The summed E-state index contributed by atoms with van der Waals surface area (Å²) in [5.41, 5.74) is 2.90. The smallest absolute Gasteiger partial charge is 0.146 e. The van der Waals surface area contributed by atoms with Gasteiger partial charge in [0.2, 0.25) is 0 Å². The van der Waals surface area contributed by atoms with Crippen LogP contribution in [0.2, 0.25) is 0 Å². The summed E-state index contributed by atoms with van der Waals surface area (Å²) >= 11 is 1.55. The predicted molar refractivity (Wildman–Crippen MR) is 88.3 cm³/mol. The molecule has 0 amide bonds. The maximum Gasteiger partial charge on any atom is 0.146 e. The van der Waals surface area contributed by atoms with Crippen LogP contribution in [0.4, 0.5) is 0 Å². The summed E-state index contributed by atoms with van der Waals surface area (Å²) in [6, 6.07) is 14.2. The van der Waals surface area contributed by atoms with Gasteiger partial charge in [-0.2, -0.15) is 5.26 Å². The number of hydrogen-bond acceptors (Lipinski definition) is 3. The zero-order chi connectivity index (χ0) is 15.4. The van der Waals surface area contributed by atoms with Gasteiger partial charge in [0.25, 0.3) is 0 Å². The molecular formula is C18H19NOS. The van der Waals surface area contributed by atoms with Gasteiger partial charge in [0.05, 0.1) is 0 Å². The molecule has 0 aromatic heterocycles. The van der Waals surface area contributed by atoms with E-state index in [2.05, 4.69) is 38.1 Å². The van der Waals surface area contributed by atoms with Gasteiger partial charge in [-0.1, -0.05) is 32.0 Å². The Hall–Kier alpha value is -1.92. The molecule has 2 aromatic carbocycles. The van der Waals surface area contributed by atoms with Gasteiger partial charge in [-0.25, -0.2) is 0 Å². The number of hydrogen-bond donors (Lipinski definition) is 0. The van der Waals surface area contributed by atoms with E-state index in [0.717, 1.165) is 16.2 Å². The van der Waals surface area contributed by atoms with Crippen molar-refractivity contribution in [2.24, 2.45) is 0 Å². The molecule has 0 aliphatic heterocycles. The molecule has 3 heteroatoms. The van der Waals surface area contributed by atoms with Gasteiger partial charge < -0.3 is 4.74 Å². The van der Waals surface area contributed by atoms with Crippen molar-refractivity contribution < 1.29 is 4.74 Å². The molecule has 0 aliphatic rings. The first kappa shape index (κ1) is 15.5. The van der Waals surface area contributed by atoms with Crippen LogP contribution >= 0.6 is 11.8 Å². The van der Waals surface area contributed by atoms with Crippen LogP contribution in [0.5, 0.6) is 11.5 Å². The fraction of sp³-hybridized carbons (Fsp3) is 0.278. The molecule has 2 rings (SSSR count). The zero-order valence-corrected chi connectivity index (χ0v) is 13.6. The molecule has 0 N–H and O–H groups in total.